The highest BCUT2D eigenvalue weighted by Gasteiger charge is 2.20. The van der Waals surface area contributed by atoms with Crippen LogP contribution >= 0.6 is 0 Å². The van der Waals surface area contributed by atoms with Gasteiger partial charge in [-0.3, -0.25) is 4.79 Å². The molecular weight excluding hydrogens is 224 g/mol. The van der Waals surface area contributed by atoms with Gasteiger partial charge in [-0.1, -0.05) is 49.4 Å². The van der Waals surface area contributed by atoms with Crippen molar-refractivity contribution >= 4 is 5.78 Å². The molecule has 1 unspecified atom stereocenters. The molecule has 0 amide bonds. The first-order chi connectivity index (χ1) is 8.81. The number of ketones is 1. The second-order valence-electron chi connectivity index (χ2n) is 4.41. The SMILES string of the molecule is CC/C=C/C1COC/C1=C\C(=O)c1ccccc1. The fourth-order valence-electron chi connectivity index (χ4n) is 2.00. The molecule has 0 aliphatic carbocycles. The Morgan fingerprint density at radius 2 is 2.17 bits per heavy atom. The van der Waals surface area contributed by atoms with Crippen molar-refractivity contribution in [2.24, 2.45) is 5.92 Å². The van der Waals surface area contributed by atoms with Gasteiger partial charge in [-0.25, -0.2) is 0 Å². The summed E-state index contributed by atoms with van der Waals surface area (Å²) in [5.41, 5.74) is 1.81. The maximum atomic E-state index is 12.1. The van der Waals surface area contributed by atoms with Crippen LogP contribution in [0.4, 0.5) is 0 Å². The van der Waals surface area contributed by atoms with E-state index < -0.39 is 0 Å². The lowest BCUT2D eigenvalue weighted by Crippen LogP contribution is -2.02. The van der Waals surface area contributed by atoms with Crippen molar-refractivity contribution in [2.75, 3.05) is 13.2 Å². The summed E-state index contributed by atoms with van der Waals surface area (Å²) in [5, 5.41) is 0. The van der Waals surface area contributed by atoms with Gasteiger partial charge in [-0.05, 0) is 18.1 Å². The molecule has 1 saturated heterocycles. The zero-order valence-corrected chi connectivity index (χ0v) is 10.6. The molecule has 1 atom stereocenters. The van der Waals surface area contributed by atoms with Gasteiger partial charge in [0.15, 0.2) is 5.78 Å². The summed E-state index contributed by atoms with van der Waals surface area (Å²) in [6.07, 6.45) is 7.00. The van der Waals surface area contributed by atoms with Crippen LogP contribution in [0.1, 0.15) is 23.7 Å². The summed E-state index contributed by atoms with van der Waals surface area (Å²) in [4.78, 5) is 12.1. The van der Waals surface area contributed by atoms with Crippen molar-refractivity contribution in [3.63, 3.8) is 0 Å². The first-order valence-corrected chi connectivity index (χ1v) is 6.35. The number of carbonyl (C=O) groups is 1. The van der Waals surface area contributed by atoms with Crippen LogP contribution in [0.25, 0.3) is 0 Å². The summed E-state index contributed by atoms with van der Waals surface area (Å²) in [6, 6.07) is 9.35. The van der Waals surface area contributed by atoms with Gasteiger partial charge < -0.3 is 4.74 Å². The molecule has 1 aromatic rings. The third-order valence-corrected chi connectivity index (χ3v) is 3.02. The quantitative estimate of drug-likeness (QED) is 0.459. The largest absolute Gasteiger partial charge is 0.376 e. The summed E-state index contributed by atoms with van der Waals surface area (Å²) >= 11 is 0. The molecule has 18 heavy (non-hydrogen) atoms. The van der Waals surface area contributed by atoms with E-state index in [9.17, 15) is 4.79 Å². The molecule has 1 aliphatic heterocycles. The summed E-state index contributed by atoms with van der Waals surface area (Å²) in [5.74, 6) is 0.323. The van der Waals surface area contributed by atoms with E-state index in [4.69, 9.17) is 4.74 Å². The Labute approximate surface area is 108 Å². The second-order valence-corrected chi connectivity index (χ2v) is 4.41. The van der Waals surface area contributed by atoms with Gasteiger partial charge >= 0.3 is 0 Å². The molecule has 0 N–H and O–H groups in total. The third kappa shape index (κ3) is 3.17. The topological polar surface area (TPSA) is 26.3 Å². The van der Waals surface area contributed by atoms with Gasteiger partial charge in [-0.2, -0.15) is 0 Å². The van der Waals surface area contributed by atoms with Crippen LogP contribution in [0.3, 0.4) is 0 Å². The maximum absolute atomic E-state index is 12.1. The predicted octanol–water partition coefficient (Wildman–Crippen LogP) is 3.41. The van der Waals surface area contributed by atoms with Crippen molar-refractivity contribution in [3.8, 4) is 0 Å². The van der Waals surface area contributed by atoms with Gasteiger partial charge in [0.2, 0.25) is 0 Å². The molecular formula is C16H18O2. The Bertz CT molecular complexity index is 457. The average molecular weight is 242 g/mol. The minimum Gasteiger partial charge on any atom is -0.376 e. The van der Waals surface area contributed by atoms with Crippen molar-refractivity contribution in [3.05, 3.63) is 59.7 Å². The van der Waals surface area contributed by atoms with Crippen LogP contribution in [-0.2, 0) is 4.74 Å². The Kier molecular flexibility index (Phi) is 4.48. The van der Waals surface area contributed by atoms with Crippen LogP contribution in [-0.4, -0.2) is 19.0 Å². The molecule has 0 bridgehead atoms. The average Bonchev–Trinajstić information content (AvgIpc) is 2.84. The van der Waals surface area contributed by atoms with E-state index >= 15 is 0 Å². The lowest BCUT2D eigenvalue weighted by molar-refractivity contribution is 0.104. The van der Waals surface area contributed by atoms with Crippen molar-refractivity contribution in [1.29, 1.82) is 0 Å². The fourth-order valence-corrected chi connectivity index (χ4v) is 2.00. The fraction of sp³-hybridized carbons (Fsp3) is 0.312. The van der Waals surface area contributed by atoms with E-state index in [1.807, 2.05) is 30.3 Å². The van der Waals surface area contributed by atoms with Gasteiger partial charge in [0.05, 0.1) is 13.2 Å². The van der Waals surface area contributed by atoms with Crippen LogP contribution in [0.15, 0.2) is 54.1 Å². The molecule has 94 valence electrons. The Hall–Kier alpha value is -1.67. The van der Waals surface area contributed by atoms with Gasteiger partial charge in [0, 0.05) is 11.5 Å². The number of carbonyl (C=O) groups excluding carboxylic acids is 1. The van der Waals surface area contributed by atoms with Gasteiger partial charge in [-0.15, -0.1) is 0 Å². The van der Waals surface area contributed by atoms with Crippen LogP contribution in [0.5, 0.6) is 0 Å². The first-order valence-electron chi connectivity index (χ1n) is 6.35. The molecule has 2 rings (SSSR count). The predicted molar refractivity (Wildman–Crippen MR) is 72.6 cm³/mol. The van der Waals surface area contributed by atoms with E-state index in [2.05, 4.69) is 19.1 Å². The number of ether oxygens (including phenoxy) is 1. The summed E-state index contributed by atoms with van der Waals surface area (Å²) < 4.78 is 5.43. The number of hydrogen-bond donors (Lipinski definition) is 0. The third-order valence-electron chi connectivity index (χ3n) is 3.02. The normalized spacial score (nSPS) is 21.8. The molecule has 0 radical (unpaired) electrons. The Balaban J connectivity index is 2.12. The molecule has 0 spiro atoms. The first kappa shape index (κ1) is 12.8. The van der Waals surface area contributed by atoms with Crippen molar-refractivity contribution in [2.45, 2.75) is 13.3 Å². The highest BCUT2D eigenvalue weighted by atomic mass is 16.5. The monoisotopic (exact) mass is 242 g/mol. The number of rotatable bonds is 4. The highest BCUT2D eigenvalue weighted by Crippen LogP contribution is 2.22. The number of hydrogen-bond acceptors (Lipinski definition) is 2. The lowest BCUT2D eigenvalue weighted by Gasteiger charge is -2.03. The zero-order valence-electron chi connectivity index (χ0n) is 10.6. The van der Waals surface area contributed by atoms with Crippen LogP contribution in [0.2, 0.25) is 0 Å². The van der Waals surface area contributed by atoms with E-state index in [0.29, 0.717) is 13.2 Å². The molecule has 1 heterocycles. The van der Waals surface area contributed by atoms with Crippen LogP contribution < -0.4 is 0 Å². The second kappa shape index (κ2) is 6.31. The number of benzene rings is 1. The molecule has 0 saturated carbocycles. The molecule has 0 aromatic heterocycles. The zero-order chi connectivity index (χ0) is 12.8. The smallest absolute Gasteiger partial charge is 0.185 e. The minimum absolute atomic E-state index is 0.0611. The lowest BCUT2D eigenvalue weighted by atomic mass is 9.99. The Morgan fingerprint density at radius 1 is 1.39 bits per heavy atom. The molecule has 2 heteroatoms. The minimum atomic E-state index is 0.0611. The molecule has 2 nitrogen and oxygen atoms in total. The van der Waals surface area contributed by atoms with Gasteiger partial charge in [0.1, 0.15) is 0 Å². The van der Waals surface area contributed by atoms with E-state index in [1.165, 1.54) is 0 Å². The Morgan fingerprint density at radius 3 is 2.89 bits per heavy atom. The molecule has 1 aromatic carbocycles. The molecule has 1 aliphatic rings. The van der Waals surface area contributed by atoms with Gasteiger partial charge in [0.25, 0.3) is 0 Å². The van der Waals surface area contributed by atoms with Crippen molar-refractivity contribution in [1.82, 2.24) is 0 Å². The van der Waals surface area contributed by atoms with Crippen LogP contribution in [0, 0.1) is 5.92 Å². The number of allylic oxidation sites excluding steroid dienone is 2. The van der Waals surface area contributed by atoms with E-state index in [1.54, 1.807) is 6.08 Å². The summed E-state index contributed by atoms with van der Waals surface area (Å²) in [6.45, 7) is 3.35. The van der Waals surface area contributed by atoms with E-state index in [-0.39, 0.29) is 11.7 Å². The highest BCUT2D eigenvalue weighted by molar-refractivity contribution is 6.05. The van der Waals surface area contributed by atoms with E-state index in [0.717, 1.165) is 17.6 Å². The maximum Gasteiger partial charge on any atom is 0.185 e. The molecule has 1 fully saturated rings. The van der Waals surface area contributed by atoms with Crippen molar-refractivity contribution < 1.29 is 9.53 Å². The standard InChI is InChI=1S/C16H18O2/c1-2-3-7-14-11-18-12-15(14)10-16(17)13-8-5-4-6-9-13/h3-10,14H,2,11-12H2,1H3/b7-3+,15-10+. The summed E-state index contributed by atoms with van der Waals surface area (Å²) in [7, 11) is 0.